The number of fused-ring (bicyclic) bond motifs is 3. The van der Waals surface area contributed by atoms with Crippen LogP contribution in [0.15, 0.2) is 9.95 Å². The first-order valence-electron chi connectivity index (χ1n) is 8.46. The second kappa shape index (κ2) is 6.19. The summed E-state index contributed by atoms with van der Waals surface area (Å²) in [5.41, 5.74) is 1.26. The van der Waals surface area contributed by atoms with Crippen LogP contribution in [0.1, 0.15) is 37.1 Å². The van der Waals surface area contributed by atoms with Crippen LogP contribution in [-0.4, -0.2) is 27.4 Å². The van der Waals surface area contributed by atoms with E-state index in [1.54, 1.807) is 15.9 Å². The molecule has 0 aromatic carbocycles. The van der Waals surface area contributed by atoms with E-state index in [1.165, 1.54) is 22.2 Å². The second-order valence-corrected chi connectivity index (χ2v) is 8.79. The average molecular weight is 364 g/mol. The Hall–Kier alpha value is -1.34. The summed E-state index contributed by atoms with van der Waals surface area (Å²) in [6, 6.07) is 0. The topological polar surface area (TPSA) is 61.2 Å². The van der Waals surface area contributed by atoms with Gasteiger partial charge in [0, 0.05) is 17.8 Å². The average Bonchev–Trinajstić information content (AvgIpc) is 3.10. The van der Waals surface area contributed by atoms with Crippen molar-refractivity contribution in [2.45, 2.75) is 56.5 Å². The molecule has 0 radical (unpaired) electrons. The predicted octanol–water partition coefficient (Wildman–Crippen LogP) is 3.01. The zero-order valence-electron chi connectivity index (χ0n) is 13.8. The molecule has 2 aliphatic rings. The number of hydrogen-bond donors (Lipinski definition) is 0. The molecule has 0 spiro atoms. The van der Waals surface area contributed by atoms with Gasteiger partial charge >= 0.3 is 5.97 Å². The number of ether oxygens (including phenoxy) is 1. The van der Waals surface area contributed by atoms with Crippen molar-refractivity contribution in [1.29, 1.82) is 0 Å². The Kier molecular flexibility index (Phi) is 4.16. The Morgan fingerprint density at radius 2 is 2.21 bits per heavy atom. The smallest absolute Gasteiger partial charge is 0.319 e. The number of esters is 1. The van der Waals surface area contributed by atoms with E-state index in [0.717, 1.165) is 29.5 Å². The molecule has 7 heteroatoms. The third-order valence-corrected chi connectivity index (χ3v) is 7.21. The SMILES string of the molecule is CCn1c(S[C@H]2CCOC2=O)nc2sc3c(c2c1=O)CC[C@@H](C)C3. The van der Waals surface area contributed by atoms with Gasteiger partial charge in [0.15, 0.2) is 5.16 Å². The maximum Gasteiger partial charge on any atom is 0.319 e. The highest BCUT2D eigenvalue weighted by Gasteiger charge is 2.30. The van der Waals surface area contributed by atoms with Crippen LogP contribution in [0.2, 0.25) is 0 Å². The van der Waals surface area contributed by atoms with Crippen molar-refractivity contribution in [1.82, 2.24) is 9.55 Å². The molecule has 0 bridgehead atoms. The third kappa shape index (κ3) is 2.58. The summed E-state index contributed by atoms with van der Waals surface area (Å²) < 4.78 is 6.75. The number of carbonyl (C=O) groups is 1. The molecule has 2 atom stereocenters. The molecule has 3 heterocycles. The Morgan fingerprint density at radius 1 is 1.38 bits per heavy atom. The number of carbonyl (C=O) groups excluding carboxylic acids is 1. The molecule has 2 aromatic heterocycles. The van der Waals surface area contributed by atoms with E-state index < -0.39 is 0 Å². The van der Waals surface area contributed by atoms with Crippen molar-refractivity contribution in [2.24, 2.45) is 5.92 Å². The van der Waals surface area contributed by atoms with Gasteiger partial charge in [-0.25, -0.2) is 4.98 Å². The molecule has 0 N–H and O–H groups in total. The minimum atomic E-state index is -0.248. The highest BCUT2D eigenvalue weighted by Crippen LogP contribution is 2.37. The fourth-order valence-electron chi connectivity index (χ4n) is 3.49. The molecule has 2 aromatic rings. The summed E-state index contributed by atoms with van der Waals surface area (Å²) >= 11 is 3.03. The van der Waals surface area contributed by atoms with Gasteiger partial charge < -0.3 is 4.74 Å². The van der Waals surface area contributed by atoms with Gasteiger partial charge in [-0.15, -0.1) is 11.3 Å². The molecule has 0 saturated carbocycles. The van der Waals surface area contributed by atoms with Crippen molar-refractivity contribution < 1.29 is 9.53 Å². The van der Waals surface area contributed by atoms with Gasteiger partial charge in [-0.3, -0.25) is 14.2 Å². The molecule has 0 unspecified atom stereocenters. The Balaban J connectivity index is 1.83. The standard InChI is InChI=1S/C17H20N2O3S2/c1-3-19-15(20)13-10-5-4-9(2)8-12(10)23-14(13)18-17(19)24-11-6-7-22-16(11)21/h9,11H,3-8H2,1-2H3/t9-,11+/m1/s1. The molecule has 24 heavy (non-hydrogen) atoms. The minimum Gasteiger partial charge on any atom is -0.465 e. The van der Waals surface area contributed by atoms with E-state index in [9.17, 15) is 9.59 Å². The van der Waals surface area contributed by atoms with Gasteiger partial charge in [-0.1, -0.05) is 18.7 Å². The number of aryl methyl sites for hydroxylation is 1. The van der Waals surface area contributed by atoms with Gasteiger partial charge in [0.25, 0.3) is 5.56 Å². The summed E-state index contributed by atoms with van der Waals surface area (Å²) in [4.78, 5) is 31.7. The Labute approximate surface area is 148 Å². The largest absolute Gasteiger partial charge is 0.465 e. The molecule has 1 saturated heterocycles. The first kappa shape index (κ1) is 16.1. The lowest BCUT2D eigenvalue weighted by Crippen LogP contribution is -2.24. The van der Waals surface area contributed by atoms with Crippen LogP contribution in [0.5, 0.6) is 0 Å². The van der Waals surface area contributed by atoms with Crippen LogP contribution in [0.25, 0.3) is 10.2 Å². The summed E-state index contributed by atoms with van der Waals surface area (Å²) in [5, 5.41) is 1.20. The Bertz CT molecular complexity index is 871. The number of nitrogens with zero attached hydrogens (tertiary/aromatic N) is 2. The van der Waals surface area contributed by atoms with Gasteiger partial charge in [-0.05, 0) is 37.7 Å². The molecule has 1 fully saturated rings. The van der Waals surface area contributed by atoms with Gasteiger partial charge in [0.2, 0.25) is 0 Å². The fraction of sp³-hybridized carbons (Fsp3) is 0.588. The van der Waals surface area contributed by atoms with E-state index >= 15 is 0 Å². The number of cyclic esters (lactones) is 1. The van der Waals surface area contributed by atoms with Crippen LogP contribution >= 0.6 is 23.1 Å². The van der Waals surface area contributed by atoms with Crippen LogP contribution in [0.3, 0.4) is 0 Å². The molecule has 1 aliphatic carbocycles. The predicted molar refractivity (Wildman–Crippen MR) is 96.0 cm³/mol. The zero-order valence-corrected chi connectivity index (χ0v) is 15.5. The van der Waals surface area contributed by atoms with E-state index in [0.29, 0.717) is 30.6 Å². The van der Waals surface area contributed by atoms with Crippen molar-refractivity contribution in [3.05, 3.63) is 20.8 Å². The third-order valence-electron chi connectivity index (χ3n) is 4.83. The molecule has 0 amide bonds. The van der Waals surface area contributed by atoms with Crippen molar-refractivity contribution >= 4 is 39.3 Å². The summed E-state index contributed by atoms with van der Waals surface area (Å²) in [5.74, 6) is 0.470. The maximum absolute atomic E-state index is 13.1. The fourth-order valence-corrected chi connectivity index (χ4v) is 6.03. The summed E-state index contributed by atoms with van der Waals surface area (Å²) in [7, 11) is 0. The number of thioether (sulfide) groups is 1. The first-order valence-corrected chi connectivity index (χ1v) is 10.2. The van der Waals surface area contributed by atoms with Gasteiger partial charge in [-0.2, -0.15) is 0 Å². The van der Waals surface area contributed by atoms with E-state index in [4.69, 9.17) is 9.72 Å². The van der Waals surface area contributed by atoms with E-state index in [2.05, 4.69) is 6.92 Å². The highest BCUT2D eigenvalue weighted by atomic mass is 32.2. The quantitative estimate of drug-likeness (QED) is 0.619. The first-order chi connectivity index (χ1) is 11.6. The Morgan fingerprint density at radius 3 is 2.92 bits per heavy atom. The van der Waals surface area contributed by atoms with Crippen molar-refractivity contribution in [3.63, 3.8) is 0 Å². The van der Waals surface area contributed by atoms with Crippen LogP contribution in [0, 0.1) is 5.92 Å². The van der Waals surface area contributed by atoms with Crippen LogP contribution in [0.4, 0.5) is 0 Å². The number of rotatable bonds is 3. The minimum absolute atomic E-state index is 0.0448. The van der Waals surface area contributed by atoms with Crippen molar-refractivity contribution in [2.75, 3.05) is 6.61 Å². The lowest BCUT2D eigenvalue weighted by atomic mass is 9.89. The van der Waals surface area contributed by atoms with Gasteiger partial charge in [0.05, 0.1) is 12.0 Å². The molecule has 5 nitrogen and oxygen atoms in total. The molecular weight excluding hydrogens is 344 g/mol. The number of hydrogen-bond acceptors (Lipinski definition) is 6. The molecule has 4 rings (SSSR count). The zero-order chi connectivity index (χ0) is 16.8. The van der Waals surface area contributed by atoms with Crippen molar-refractivity contribution in [3.8, 4) is 0 Å². The second-order valence-electron chi connectivity index (χ2n) is 6.54. The van der Waals surface area contributed by atoms with Gasteiger partial charge in [0.1, 0.15) is 10.1 Å². The molecular formula is C17H20N2O3S2. The van der Waals surface area contributed by atoms with E-state index in [-0.39, 0.29) is 16.8 Å². The number of thiophene rings is 1. The normalized spacial score (nSPS) is 23.5. The summed E-state index contributed by atoms with van der Waals surface area (Å²) in [6.07, 6.45) is 3.83. The van der Waals surface area contributed by atoms with Crippen LogP contribution < -0.4 is 5.56 Å². The number of aromatic nitrogens is 2. The molecule has 1 aliphatic heterocycles. The highest BCUT2D eigenvalue weighted by molar-refractivity contribution is 8.00. The van der Waals surface area contributed by atoms with Crippen LogP contribution in [-0.2, 0) is 28.9 Å². The molecule has 128 valence electrons. The monoisotopic (exact) mass is 364 g/mol. The lowest BCUT2D eigenvalue weighted by molar-refractivity contribution is -0.137. The maximum atomic E-state index is 13.1. The van der Waals surface area contributed by atoms with E-state index in [1.807, 2.05) is 6.92 Å². The lowest BCUT2D eigenvalue weighted by Gasteiger charge is -2.17. The summed E-state index contributed by atoms with van der Waals surface area (Å²) in [6.45, 7) is 5.23.